The third-order valence-corrected chi connectivity index (χ3v) is 6.68. The van der Waals surface area contributed by atoms with Gasteiger partial charge in [0.25, 0.3) is 5.82 Å². The molecule has 1 N–H and O–H groups in total. The zero-order valence-corrected chi connectivity index (χ0v) is 19.1. The molecular weight excluding hydrogens is 364 g/mol. The molecule has 0 aliphatic carbocycles. The minimum absolute atomic E-state index is 0.0230. The summed E-state index contributed by atoms with van der Waals surface area (Å²) in [6.45, 7) is 8.01. The standard InChI is InChI=1S/C28H38N2/c1-4-6-7-8-15-20-26(27-29-21-22-30(27)5-2)28(3,25-18-13-10-14-19-25)23-24-16-11-9-12-17-24/h9-14,16-19,21-22,26H,4-8,15,20,23H2,1-3H3/p+1. The van der Waals surface area contributed by atoms with Crippen LogP contribution in [0.25, 0.3) is 0 Å². The Hall–Kier alpha value is -2.35. The second kappa shape index (κ2) is 11.2. The number of aromatic amines is 1. The Morgan fingerprint density at radius 1 is 0.867 bits per heavy atom. The van der Waals surface area contributed by atoms with E-state index in [4.69, 9.17) is 0 Å². The maximum Gasteiger partial charge on any atom is 0.258 e. The molecule has 0 aliphatic heterocycles. The highest BCUT2D eigenvalue weighted by Crippen LogP contribution is 2.43. The molecule has 160 valence electrons. The average molecular weight is 404 g/mol. The van der Waals surface area contributed by atoms with Crippen LogP contribution in [0.4, 0.5) is 0 Å². The van der Waals surface area contributed by atoms with Gasteiger partial charge in [-0.15, -0.1) is 0 Å². The molecule has 0 amide bonds. The molecule has 0 saturated heterocycles. The lowest BCUT2D eigenvalue weighted by molar-refractivity contribution is -0.701. The first kappa shape index (κ1) is 22.3. The van der Waals surface area contributed by atoms with E-state index < -0.39 is 0 Å². The Balaban J connectivity index is 1.99. The molecule has 3 rings (SSSR count). The van der Waals surface area contributed by atoms with Crippen LogP contribution in [0.1, 0.15) is 82.2 Å². The summed E-state index contributed by atoms with van der Waals surface area (Å²) in [4.78, 5) is 3.63. The predicted octanol–water partition coefficient (Wildman–Crippen LogP) is 6.97. The lowest BCUT2D eigenvalue weighted by Gasteiger charge is -2.37. The molecule has 1 heterocycles. The van der Waals surface area contributed by atoms with Crippen LogP contribution in [-0.2, 0) is 18.4 Å². The van der Waals surface area contributed by atoms with E-state index >= 15 is 0 Å². The summed E-state index contributed by atoms with van der Waals surface area (Å²) in [6, 6.07) is 22.2. The van der Waals surface area contributed by atoms with Crippen molar-refractivity contribution in [2.75, 3.05) is 0 Å². The number of hydrogen-bond acceptors (Lipinski definition) is 0. The molecule has 2 heteroatoms. The number of aromatic nitrogens is 2. The van der Waals surface area contributed by atoms with E-state index in [1.165, 1.54) is 55.5 Å². The third kappa shape index (κ3) is 5.41. The van der Waals surface area contributed by atoms with Crippen LogP contribution in [-0.4, -0.2) is 4.98 Å². The molecular formula is C28H39N2+. The first-order chi connectivity index (χ1) is 14.7. The van der Waals surface area contributed by atoms with E-state index in [0.717, 1.165) is 13.0 Å². The van der Waals surface area contributed by atoms with E-state index in [9.17, 15) is 0 Å². The maximum atomic E-state index is 3.63. The van der Waals surface area contributed by atoms with Crippen molar-refractivity contribution in [3.8, 4) is 0 Å². The van der Waals surface area contributed by atoms with Gasteiger partial charge >= 0.3 is 0 Å². The molecule has 0 aliphatic rings. The molecule has 2 aromatic carbocycles. The molecule has 2 atom stereocenters. The van der Waals surface area contributed by atoms with E-state index in [1.54, 1.807) is 0 Å². The third-order valence-electron chi connectivity index (χ3n) is 6.68. The van der Waals surface area contributed by atoms with Gasteiger partial charge in [-0.1, -0.05) is 107 Å². The molecule has 2 unspecified atom stereocenters. The van der Waals surface area contributed by atoms with Gasteiger partial charge < -0.3 is 0 Å². The van der Waals surface area contributed by atoms with Crippen molar-refractivity contribution in [1.82, 2.24) is 4.98 Å². The van der Waals surface area contributed by atoms with Gasteiger partial charge in [0.05, 0.1) is 12.5 Å². The van der Waals surface area contributed by atoms with Gasteiger partial charge in [-0.2, -0.15) is 0 Å². The largest absolute Gasteiger partial charge is 0.258 e. The van der Waals surface area contributed by atoms with Crippen molar-refractivity contribution in [3.05, 3.63) is 90.0 Å². The Bertz CT molecular complexity index is 853. The minimum atomic E-state index is 0.0230. The SMILES string of the molecule is CCCCCCCC(c1[nH]cc[n+]1CC)C(C)(Cc1ccccc1)c1ccccc1. The molecule has 0 fully saturated rings. The van der Waals surface area contributed by atoms with Gasteiger partial charge in [-0.05, 0) is 30.9 Å². The van der Waals surface area contributed by atoms with Crippen molar-refractivity contribution >= 4 is 0 Å². The number of aryl methyl sites for hydroxylation is 1. The lowest BCUT2D eigenvalue weighted by Crippen LogP contribution is -2.43. The van der Waals surface area contributed by atoms with E-state index in [2.05, 4.69) is 103 Å². The summed E-state index contributed by atoms with van der Waals surface area (Å²) in [5.41, 5.74) is 2.87. The van der Waals surface area contributed by atoms with Crippen molar-refractivity contribution in [2.24, 2.45) is 0 Å². The van der Waals surface area contributed by atoms with Crippen LogP contribution in [0.2, 0.25) is 0 Å². The van der Waals surface area contributed by atoms with Gasteiger partial charge in [-0.25, -0.2) is 9.55 Å². The molecule has 1 aromatic heterocycles. The Morgan fingerprint density at radius 2 is 1.53 bits per heavy atom. The predicted molar refractivity (Wildman–Crippen MR) is 127 cm³/mol. The van der Waals surface area contributed by atoms with Crippen molar-refractivity contribution in [3.63, 3.8) is 0 Å². The van der Waals surface area contributed by atoms with Crippen molar-refractivity contribution in [1.29, 1.82) is 0 Å². The van der Waals surface area contributed by atoms with E-state index in [0.29, 0.717) is 5.92 Å². The summed E-state index contributed by atoms with van der Waals surface area (Å²) >= 11 is 0. The molecule has 0 radical (unpaired) electrons. The second-order valence-corrected chi connectivity index (χ2v) is 8.83. The Morgan fingerprint density at radius 3 is 2.20 bits per heavy atom. The molecule has 3 aromatic rings. The van der Waals surface area contributed by atoms with Gasteiger partial charge in [-0.3, -0.25) is 0 Å². The quantitative estimate of drug-likeness (QED) is 0.249. The smallest absolute Gasteiger partial charge is 0.247 e. The molecule has 0 saturated carbocycles. The fraction of sp³-hybridized carbons (Fsp3) is 0.464. The summed E-state index contributed by atoms with van der Waals surface area (Å²) in [6.07, 6.45) is 13.2. The molecule has 0 bridgehead atoms. The number of H-pyrrole nitrogens is 1. The average Bonchev–Trinajstić information content (AvgIpc) is 3.25. The number of hydrogen-bond donors (Lipinski definition) is 1. The first-order valence-electron chi connectivity index (χ1n) is 11.8. The summed E-state index contributed by atoms with van der Waals surface area (Å²) in [5.74, 6) is 1.81. The van der Waals surface area contributed by atoms with Gasteiger partial charge in [0, 0.05) is 5.41 Å². The normalized spacial score (nSPS) is 14.4. The maximum absolute atomic E-state index is 3.63. The second-order valence-electron chi connectivity index (χ2n) is 8.83. The minimum Gasteiger partial charge on any atom is -0.247 e. The van der Waals surface area contributed by atoms with E-state index in [-0.39, 0.29) is 5.41 Å². The molecule has 2 nitrogen and oxygen atoms in total. The van der Waals surface area contributed by atoms with Crippen LogP contribution < -0.4 is 4.57 Å². The number of imidazole rings is 1. The van der Waals surface area contributed by atoms with Crippen molar-refractivity contribution in [2.45, 2.75) is 83.6 Å². The summed E-state index contributed by atoms with van der Waals surface area (Å²) in [5, 5.41) is 0. The summed E-state index contributed by atoms with van der Waals surface area (Å²) < 4.78 is 2.41. The van der Waals surface area contributed by atoms with Crippen LogP contribution in [0.5, 0.6) is 0 Å². The Kier molecular flexibility index (Phi) is 8.30. The zero-order valence-electron chi connectivity index (χ0n) is 19.1. The number of nitrogens with one attached hydrogen (secondary N) is 1. The van der Waals surface area contributed by atoms with E-state index in [1.807, 2.05) is 0 Å². The van der Waals surface area contributed by atoms with Gasteiger partial charge in [0.2, 0.25) is 0 Å². The highest BCUT2D eigenvalue weighted by molar-refractivity contribution is 5.32. The fourth-order valence-corrected chi connectivity index (χ4v) is 4.93. The topological polar surface area (TPSA) is 19.7 Å². The van der Waals surface area contributed by atoms with Crippen LogP contribution >= 0.6 is 0 Å². The van der Waals surface area contributed by atoms with Crippen LogP contribution in [0.3, 0.4) is 0 Å². The monoisotopic (exact) mass is 403 g/mol. The number of rotatable bonds is 12. The number of unbranched alkanes of at least 4 members (excludes halogenated alkanes) is 4. The Labute approximate surface area is 183 Å². The fourth-order valence-electron chi connectivity index (χ4n) is 4.93. The van der Waals surface area contributed by atoms with Crippen molar-refractivity contribution < 1.29 is 4.57 Å². The summed E-state index contributed by atoms with van der Waals surface area (Å²) in [7, 11) is 0. The first-order valence-corrected chi connectivity index (χ1v) is 11.8. The van der Waals surface area contributed by atoms with Gasteiger partial charge in [0.1, 0.15) is 12.4 Å². The van der Waals surface area contributed by atoms with Crippen LogP contribution in [0.15, 0.2) is 73.1 Å². The van der Waals surface area contributed by atoms with Crippen LogP contribution in [0, 0.1) is 0 Å². The lowest BCUT2D eigenvalue weighted by atomic mass is 9.66. The highest BCUT2D eigenvalue weighted by atomic mass is 15.1. The zero-order chi connectivity index (χ0) is 21.2. The number of nitrogens with zero attached hydrogens (tertiary/aromatic N) is 1. The molecule has 30 heavy (non-hydrogen) atoms. The number of benzene rings is 2. The van der Waals surface area contributed by atoms with Gasteiger partial charge in [0.15, 0.2) is 0 Å². The highest BCUT2D eigenvalue weighted by Gasteiger charge is 2.41. The molecule has 0 spiro atoms.